The van der Waals surface area contributed by atoms with Crippen molar-refractivity contribution in [1.29, 1.82) is 0 Å². The Morgan fingerprint density at radius 1 is 1.15 bits per heavy atom. The third kappa shape index (κ3) is 4.00. The number of carbonyl (C=O) groups is 1. The fourth-order valence-electron chi connectivity index (χ4n) is 2.22. The van der Waals surface area contributed by atoms with E-state index in [2.05, 4.69) is 31.4 Å². The number of hydrogen-bond acceptors (Lipinski definition) is 4. The van der Waals surface area contributed by atoms with Gasteiger partial charge in [-0.25, -0.2) is 4.39 Å². The van der Waals surface area contributed by atoms with Crippen molar-refractivity contribution in [2.45, 2.75) is 0 Å². The lowest BCUT2D eigenvalue weighted by Crippen LogP contribution is -2.13. The van der Waals surface area contributed by atoms with E-state index >= 15 is 0 Å². The molecule has 5 nitrogen and oxygen atoms in total. The first-order chi connectivity index (χ1) is 12.5. The lowest BCUT2D eigenvalue weighted by Gasteiger charge is -2.10. The Kier molecular flexibility index (Phi) is 5.49. The fourth-order valence-corrected chi connectivity index (χ4v) is 2.79. The molecule has 0 aliphatic rings. The van der Waals surface area contributed by atoms with E-state index in [9.17, 15) is 9.18 Å². The summed E-state index contributed by atoms with van der Waals surface area (Å²) in [6.07, 6.45) is 0. The van der Waals surface area contributed by atoms with Crippen LogP contribution in [0.1, 0.15) is 10.4 Å². The highest BCUT2D eigenvalue weighted by atomic mass is 79.9. The molecule has 2 aromatic carbocycles. The molecule has 0 bridgehead atoms. The summed E-state index contributed by atoms with van der Waals surface area (Å²) in [6, 6.07) is 12.5. The molecule has 0 aliphatic heterocycles. The van der Waals surface area contributed by atoms with Gasteiger partial charge in [0, 0.05) is 16.1 Å². The van der Waals surface area contributed by atoms with E-state index in [0.717, 1.165) is 0 Å². The lowest BCUT2D eigenvalue weighted by molar-refractivity contribution is 0.102. The van der Waals surface area contributed by atoms with E-state index < -0.39 is 11.7 Å². The van der Waals surface area contributed by atoms with Crippen LogP contribution in [-0.4, -0.2) is 23.2 Å². The molecular weight excluding hydrogens is 425 g/mol. The molecule has 0 atom stereocenters. The van der Waals surface area contributed by atoms with Gasteiger partial charge in [0.2, 0.25) is 5.88 Å². The van der Waals surface area contributed by atoms with Gasteiger partial charge in [0.25, 0.3) is 5.91 Å². The second-order valence-corrected chi connectivity index (χ2v) is 6.56. The molecule has 0 radical (unpaired) electrons. The van der Waals surface area contributed by atoms with Crippen molar-refractivity contribution in [3.05, 3.63) is 69.4 Å². The van der Waals surface area contributed by atoms with Crippen molar-refractivity contribution in [2.75, 3.05) is 12.4 Å². The summed E-state index contributed by atoms with van der Waals surface area (Å²) in [6.45, 7) is 0. The number of amides is 1. The van der Waals surface area contributed by atoms with Gasteiger partial charge in [-0.1, -0.05) is 27.5 Å². The second kappa shape index (κ2) is 7.80. The number of hydrogen-bond donors (Lipinski definition) is 1. The zero-order chi connectivity index (χ0) is 18.7. The molecule has 1 N–H and O–H groups in total. The number of nitrogens with zero attached hydrogens (tertiary/aromatic N) is 2. The van der Waals surface area contributed by atoms with Crippen LogP contribution in [0.4, 0.5) is 10.1 Å². The maximum absolute atomic E-state index is 14.1. The third-order valence-electron chi connectivity index (χ3n) is 3.53. The number of halogens is 3. The number of benzene rings is 2. The number of aromatic nitrogens is 2. The maximum atomic E-state index is 14.1. The Hall–Kier alpha value is -2.51. The maximum Gasteiger partial charge on any atom is 0.257 e. The molecule has 0 spiro atoms. The van der Waals surface area contributed by atoms with E-state index in [0.29, 0.717) is 21.6 Å². The van der Waals surface area contributed by atoms with Gasteiger partial charge in [0.15, 0.2) is 0 Å². The van der Waals surface area contributed by atoms with Gasteiger partial charge in [-0.15, -0.1) is 10.2 Å². The number of carbonyl (C=O) groups excluding carboxylic acids is 1. The number of anilines is 1. The molecule has 0 saturated heterocycles. The lowest BCUT2D eigenvalue weighted by atomic mass is 10.1. The zero-order valence-electron chi connectivity index (χ0n) is 13.5. The largest absolute Gasteiger partial charge is 0.480 e. The summed E-state index contributed by atoms with van der Waals surface area (Å²) < 4.78 is 19.8. The Balaban J connectivity index is 1.90. The first kappa shape index (κ1) is 18.3. The molecule has 0 saturated carbocycles. The van der Waals surface area contributed by atoms with E-state index in [1.807, 2.05) is 0 Å². The summed E-state index contributed by atoms with van der Waals surface area (Å²) >= 11 is 9.33. The first-order valence-corrected chi connectivity index (χ1v) is 8.59. The minimum absolute atomic E-state index is 0.0150. The van der Waals surface area contributed by atoms with Gasteiger partial charge in [-0.3, -0.25) is 4.79 Å². The van der Waals surface area contributed by atoms with Crippen molar-refractivity contribution in [1.82, 2.24) is 10.2 Å². The Labute approximate surface area is 162 Å². The molecule has 132 valence electrons. The molecule has 3 aromatic rings. The third-order valence-corrected chi connectivity index (χ3v) is 4.36. The van der Waals surface area contributed by atoms with Crippen LogP contribution >= 0.6 is 27.5 Å². The highest BCUT2D eigenvalue weighted by Crippen LogP contribution is 2.26. The molecule has 26 heavy (non-hydrogen) atoms. The first-order valence-electron chi connectivity index (χ1n) is 7.42. The Bertz CT molecular complexity index is 967. The predicted molar refractivity (Wildman–Crippen MR) is 101 cm³/mol. The monoisotopic (exact) mass is 435 g/mol. The minimum atomic E-state index is -0.574. The summed E-state index contributed by atoms with van der Waals surface area (Å²) in [4.78, 5) is 12.4. The van der Waals surface area contributed by atoms with Crippen LogP contribution in [0.3, 0.4) is 0 Å². The van der Waals surface area contributed by atoms with Gasteiger partial charge in [-0.05, 0) is 42.5 Å². The Morgan fingerprint density at radius 3 is 2.65 bits per heavy atom. The van der Waals surface area contributed by atoms with Crippen LogP contribution in [-0.2, 0) is 0 Å². The highest BCUT2D eigenvalue weighted by molar-refractivity contribution is 9.10. The van der Waals surface area contributed by atoms with Crippen molar-refractivity contribution < 1.29 is 13.9 Å². The fraction of sp³-hybridized carbons (Fsp3) is 0.0556. The van der Waals surface area contributed by atoms with Crippen LogP contribution in [0, 0.1) is 5.82 Å². The van der Waals surface area contributed by atoms with Crippen LogP contribution in [0.15, 0.2) is 53.0 Å². The standard InChI is InChI=1S/C18H12BrClFN3O2/c1-26-17-7-6-15(23-24-17)10-2-5-14(21)16(8-10)22-18(25)12-9-11(19)3-4-13(12)20/h2-9H,1H3,(H,22,25). The molecule has 1 aromatic heterocycles. The number of nitrogens with one attached hydrogen (secondary N) is 1. The molecule has 0 unspecified atom stereocenters. The SMILES string of the molecule is COc1ccc(-c2ccc(F)c(NC(=O)c3cc(Br)ccc3Cl)c2)nn1. The second-order valence-electron chi connectivity index (χ2n) is 5.23. The van der Waals surface area contributed by atoms with Crippen molar-refractivity contribution in [2.24, 2.45) is 0 Å². The normalized spacial score (nSPS) is 10.5. The highest BCUT2D eigenvalue weighted by Gasteiger charge is 2.14. The quantitative estimate of drug-likeness (QED) is 0.628. The number of ether oxygens (including phenoxy) is 1. The van der Waals surface area contributed by atoms with E-state index in [1.165, 1.54) is 19.2 Å². The number of methoxy groups -OCH3 is 1. The van der Waals surface area contributed by atoms with Crippen LogP contribution in [0.5, 0.6) is 5.88 Å². The predicted octanol–water partition coefficient (Wildman–Crippen LogP) is 4.96. The molecule has 3 rings (SSSR count). The van der Waals surface area contributed by atoms with Crippen molar-refractivity contribution in [3.63, 3.8) is 0 Å². The summed E-state index contributed by atoms with van der Waals surface area (Å²) in [5, 5.41) is 10.7. The van der Waals surface area contributed by atoms with Gasteiger partial charge in [0.05, 0.1) is 29.1 Å². The van der Waals surface area contributed by atoms with E-state index in [-0.39, 0.29) is 16.3 Å². The number of rotatable bonds is 4. The van der Waals surface area contributed by atoms with Gasteiger partial charge < -0.3 is 10.1 Å². The minimum Gasteiger partial charge on any atom is -0.480 e. The van der Waals surface area contributed by atoms with Crippen molar-refractivity contribution >= 4 is 39.1 Å². The summed E-state index contributed by atoms with van der Waals surface area (Å²) in [5.41, 5.74) is 1.36. The molecule has 0 fully saturated rings. The summed E-state index contributed by atoms with van der Waals surface area (Å²) in [7, 11) is 1.49. The summed E-state index contributed by atoms with van der Waals surface area (Å²) in [5.74, 6) is -0.725. The van der Waals surface area contributed by atoms with Crippen molar-refractivity contribution in [3.8, 4) is 17.1 Å². The van der Waals surface area contributed by atoms with Crippen LogP contribution in [0.2, 0.25) is 5.02 Å². The Morgan fingerprint density at radius 2 is 1.96 bits per heavy atom. The zero-order valence-corrected chi connectivity index (χ0v) is 15.8. The average molecular weight is 437 g/mol. The average Bonchev–Trinajstić information content (AvgIpc) is 2.65. The van der Waals surface area contributed by atoms with Gasteiger partial charge >= 0.3 is 0 Å². The van der Waals surface area contributed by atoms with Crippen LogP contribution in [0.25, 0.3) is 11.3 Å². The van der Waals surface area contributed by atoms with Crippen LogP contribution < -0.4 is 10.1 Å². The molecule has 1 heterocycles. The van der Waals surface area contributed by atoms with Gasteiger partial charge in [-0.2, -0.15) is 0 Å². The molecule has 0 aliphatic carbocycles. The van der Waals surface area contributed by atoms with Gasteiger partial charge in [0.1, 0.15) is 5.82 Å². The smallest absolute Gasteiger partial charge is 0.257 e. The molecular formula is C18H12BrClFN3O2. The topological polar surface area (TPSA) is 64.1 Å². The molecule has 8 heteroatoms. The van der Waals surface area contributed by atoms with E-state index in [1.54, 1.807) is 36.4 Å². The molecule has 1 amide bonds. The van der Waals surface area contributed by atoms with E-state index in [4.69, 9.17) is 16.3 Å².